The number of halogens is 2. The van der Waals surface area contributed by atoms with E-state index in [-0.39, 0.29) is 35.9 Å². The third-order valence-corrected chi connectivity index (χ3v) is 3.54. The first kappa shape index (κ1) is 20.4. The van der Waals surface area contributed by atoms with E-state index in [1.54, 1.807) is 26.3 Å². The Morgan fingerprint density at radius 2 is 1.75 bits per heavy atom. The van der Waals surface area contributed by atoms with Crippen LogP contribution in [0.5, 0.6) is 0 Å². The van der Waals surface area contributed by atoms with Gasteiger partial charge in [0, 0.05) is 32.8 Å². The number of guanidine groups is 1. The second kappa shape index (κ2) is 11.0. The number of hydrogen-bond acceptors (Lipinski definition) is 2. The van der Waals surface area contributed by atoms with Gasteiger partial charge in [0.15, 0.2) is 5.96 Å². The average Bonchev–Trinajstić information content (AvgIpc) is 2.60. The molecular weight excluding hydrogens is 420 g/mol. The number of methoxy groups -OCH3 is 1. The number of nitrogens with one attached hydrogen (secondary N) is 2. The molecule has 0 heterocycles. The molecule has 130 valence electrons. The molecule has 0 saturated heterocycles. The Labute approximate surface area is 159 Å². The van der Waals surface area contributed by atoms with Gasteiger partial charge >= 0.3 is 0 Å². The largest absolute Gasteiger partial charge is 0.375 e. The van der Waals surface area contributed by atoms with Gasteiger partial charge in [0.05, 0.1) is 6.10 Å². The maximum atomic E-state index is 13.6. The fourth-order valence-electron chi connectivity index (χ4n) is 2.24. The highest BCUT2D eigenvalue weighted by atomic mass is 127. The molecule has 0 saturated carbocycles. The van der Waals surface area contributed by atoms with E-state index in [1.165, 1.54) is 6.07 Å². The van der Waals surface area contributed by atoms with E-state index in [1.807, 2.05) is 36.4 Å². The van der Waals surface area contributed by atoms with Crippen LogP contribution in [0.3, 0.4) is 0 Å². The molecule has 2 aromatic rings. The van der Waals surface area contributed by atoms with Crippen molar-refractivity contribution in [3.8, 4) is 0 Å². The van der Waals surface area contributed by atoms with Crippen molar-refractivity contribution in [1.29, 1.82) is 0 Å². The third-order valence-electron chi connectivity index (χ3n) is 3.54. The summed E-state index contributed by atoms with van der Waals surface area (Å²) in [6, 6.07) is 16.7. The number of ether oxygens (including phenoxy) is 1. The molecule has 1 atom stereocenters. The van der Waals surface area contributed by atoms with Crippen LogP contribution in [0, 0.1) is 5.82 Å². The van der Waals surface area contributed by atoms with Crippen molar-refractivity contribution in [3.05, 3.63) is 71.5 Å². The molecule has 24 heavy (non-hydrogen) atoms. The molecule has 2 aromatic carbocycles. The third kappa shape index (κ3) is 6.09. The second-order valence-electron chi connectivity index (χ2n) is 5.03. The lowest BCUT2D eigenvalue weighted by Crippen LogP contribution is -2.39. The molecule has 1 unspecified atom stereocenters. The van der Waals surface area contributed by atoms with Gasteiger partial charge in [-0.25, -0.2) is 4.39 Å². The highest BCUT2D eigenvalue weighted by molar-refractivity contribution is 14.0. The summed E-state index contributed by atoms with van der Waals surface area (Å²) in [6.45, 7) is 0.937. The van der Waals surface area contributed by atoms with Crippen LogP contribution in [0.25, 0.3) is 0 Å². The topological polar surface area (TPSA) is 45.7 Å². The van der Waals surface area contributed by atoms with Gasteiger partial charge in [0.1, 0.15) is 5.82 Å². The maximum Gasteiger partial charge on any atom is 0.191 e. The van der Waals surface area contributed by atoms with E-state index in [0.29, 0.717) is 24.6 Å². The Bertz CT molecular complexity index is 637. The van der Waals surface area contributed by atoms with Crippen molar-refractivity contribution in [3.63, 3.8) is 0 Å². The van der Waals surface area contributed by atoms with E-state index in [0.717, 1.165) is 5.56 Å². The molecule has 0 amide bonds. The van der Waals surface area contributed by atoms with Crippen molar-refractivity contribution < 1.29 is 9.13 Å². The lowest BCUT2D eigenvalue weighted by molar-refractivity contribution is 0.106. The number of aliphatic imine (C=N–C) groups is 1. The molecular formula is C18H23FIN3O. The minimum Gasteiger partial charge on any atom is -0.375 e. The first-order valence-corrected chi connectivity index (χ1v) is 7.50. The summed E-state index contributed by atoms with van der Waals surface area (Å²) in [6.07, 6.45) is -0.0804. The molecule has 2 rings (SSSR count). The molecule has 0 spiro atoms. The predicted octanol–water partition coefficient (Wildman–Crippen LogP) is 3.50. The molecule has 2 N–H and O–H groups in total. The zero-order chi connectivity index (χ0) is 16.5. The molecule has 0 radical (unpaired) electrons. The molecule has 0 aromatic heterocycles. The Morgan fingerprint density at radius 1 is 1.08 bits per heavy atom. The average molecular weight is 443 g/mol. The van der Waals surface area contributed by atoms with Gasteiger partial charge in [-0.3, -0.25) is 4.99 Å². The van der Waals surface area contributed by atoms with Gasteiger partial charge in [-0.2, -0.15) is 0 Å². The van der Waals surface area contributed by atoms with Gasteiger partial charge < -0.3 is 15.4 Å². The zero-order valence-corrected chi connectivity index (χ0v) is 16.2. The van der Waals surface area contributed by atoms with Crippen molar-refractivity contribution in [2.45, 2.75) is 12.6 Å². The number of hydrogen-bond donors (Lipinski definition) is 2. The minimum absolute atomic E-state index is 0. The Balaban J connectivity index is 0.00000288. The van der Waals surface area contributed by atoms with Crippen LogP contribution < -0.4 is 10.6 Å². The molecule has 4 nitrogen and oxygen atoms in total. The van der Waals surface area contributed by atoms with Gasteiger partial charge in [0.25, 0.3) is 0 Å². The van der Waals surface area contributed by atoms with Gasteiger partial charge in [-0.1, -0.05) is 48.5 Å². The van der Waals surface area contributed by atoms with Crippen LogP contribution in [-0.4, -0.2) is 26.7 Å². The minimum atomic E-state index is -0.227. The number of rotatable bonds is 6. The van der Waals surface area contributed by atoms with Gasteiger partial charge in [-0.15, -0.1) is 24.0 Å². The van der Waals surface area contributed by atoms with Crippen molar-refractivity contribution in [1.82, 2.24) is 10.6 Å². The summed E-state index contributed by atoms with van der Waals surface area (Å²) in [5.74, 6) is 0.376. The Hall–Kier alpha value is -1.67. The molecule has 0 fully saturated rings. The smallest absolute Gasteiger partial charge is 0.191 e. The maximum absolute atomic E-state index is 13.6. The van der Waals surface area contributed by atoms with E-state index in [2.05, 4.69) is 15.6 Å². The highest BCUT2D eigenvalue weighted by Crippen LogP contribution is 2.14. The normalized spacial score (nSPS) is 12.2. The quantitative estimate of drug-likeness (QED) is 0.408. The monoisotopic (exact) mass is 443 g/mol. The van der Waals surface area contributed by atoms with Crippen LogP contribution >= 0.6 is 24.0 Å². The van der Waals surface area contributed by atoms with Crippen molar-refractivity contribution in [2.75, 3.05) is 20.7 Å². The van der Waals surface area contributed by atoms with Crippen LogP contribution in [-0.2, 0) is 11.3 Å². The molecule has 0 aliphatic carbocycles. The first-order valence-electron chi connectivity index (χ1n) is 7.50. The summed E-state index contributed by atoms with van der Waals surface area (Å²) < 4.78 is 19.1. The molecule has 0 bridgehead atoms. The van der Waals surface area contributed by atoms with Crippen molar-refractivity contribution in [2.24, 2.45) is 4.99 Å². The molecule has 0 aliphatic heterocycles. The molecule has 0 aliphatic rings. The lowest BCUT2D eigenvalue weighted by Gasteiger charge is -2.18. The first-order chi connectivity index (χ1) is 11.2. The lowest BCUT2D eigenvalue weighted by atomic mass is 10.1. The van der Waals surface area contributed by atoms with Gasteiger partial charge in [0.2, 0.25) is 0 Å². The summed E-state index contributed by atoms with van der Waals surface area (Å²) in [5, 5.41) is 6.30. The standard InChI is InChI=1S/C18H22FN3O.HI/c1-20-18(21-12-15-10-6-7-11-16(15)19)22-13-17(23-2)14-8-4-3-5-9-14;/h3-11,17H,12-13H2,1-2H3,(H2,20,21,22);1H. The van der Waals surface area contributed by atoms with E-state index in [4.69, 9.17) is 4.74 Å². The fourth-order valence-corrected chi connectivity index (χ4v) is 2.24. The number of nitrogens with zero attached hydrogens (tertiary/aromatic N) is 1. The fraction of sp³-hybridized carbons (Fsp3) is 0.278. The zero-order valence-electron chi connectivity index (χ0n) is 13.8. The Kier molecular flexibility index (Phi) is 9.33. The van der Waals surface area contributed by atoms with Crippen LogP contribution in [0.2, 0.25) is 0 Å². The van der Waals surface area contributed by atoms with E-state index < -0.39 is 0 Å². The summed E-state index contributed by atoms with van der Waals surface area (Å²) in [4.78, 5) is 4.15. The summed E-state index contributed by atoms with van der Waals surface area (Å²) >= 11 is 0. The number of benzene rings is 2. The summed E-state index contributed by atoms with van der Waals surface area (Å²) in [7, 11) is 3.36. The van der Waals surface area contributed by atoms with E-state index in [9.17, 15) is 4.39 Å². The predicted molar refractivity (Wildman–Crippen MR) is 106 cm³/mol. The van der Waals surface area contributed by atoms with Crippen molar-refractivity contribution >= 4 is 29.9 Å². The SMILES string of the molecule is CN=C(NCc1ccccc1F)NCC(OC)c1ccccc1.I. The van der Waals surface area contributed by atoms with Gasteiger partial charge in [-0.05, 0) is 11.6 Å². The van der Waals surface area contributed by atoms with Crippen LogP contribution in [0.1, 0.15) is 17.2 Å². The van der Waals surface area contributed by atoms with Crippen LogP contribution in [0.4, 0.5) is 4.39 Å². The molecule has 6 heteroatoms. The highest BCUT2D eigenvalue weighted by Gasteiger charge is 2.11. The summed E-state index contributed by atoms with van der Waals surface area (Å²) in [5.41, 5.74) is 1.69. The second-order valence-corrected chi connectivity index (χ2v) is 5.03. The Morgan fingerprint density at radius 3 is 2.38 bits per heavy atom. The van der Waals surface area contributed by atoms with E-state index >= 15 is 0 Å². The van der Waals surface area contributed by atoms with Crippen LogP contribution in [0.15, 0.2) is 59.6 Å².